The summed E-state index contributed by atoms with van der Waals surface area (Å²) in [6.07, 6.45) is 2.27. The number of nitro groups is 1. The maximum absolute atomic E-state index is 12.1. The Morgan fingerprint density at radius 3 is 2.46 bits per heavy atom. The highest BCUT2D eigenvalue weighted by Gasteiger charge is 2.21. The van der Waals surface area contributed by atoms with Gasteiger partial charge in [-0.15, -0.1) is 0 Å². The molecule has 0 atom stereocenters. The van der Waals surface area contributed by atoms with Crippen molar-refractivity contribution in [3.8, 4) is 0 Å². The first-order valence-electron chi connectivity index (χ1n) is 7.88. The van der Waals surface area contributed by atoms with E-state index in [1.54, 1.807) is 19.1 Å². The van der Waals surface area contributed by atoms with Crippen LogP contribution in [-0.4, -0.2) is 38.3 Å². The Morgan fingerprint density at radius 2 is 1.93 bits per heavy atom. The van der Waals surface area contributed by atoms with Crippen molar-refractivity contribution >= 4 is 45.1 Å². The number of hydrazone groups is 1. The second kappa shape index (κ2) is 8.81. The first-order valence-corrected chi connectivity index (χ1v) is 10.1. The fraction of sp³-hybridized carbons (Fsp3) is 0.176. The number of carbonyl (C=O) groups is 1. The lowest BCUT2D eigenvalue weighted by atomic mass is 10.2. The molecule has 11 heteroatoms. The largest absolute Gasteiger partial charge is 0.271 e. The van der Waals surface area contributed by atoms with Crippen LogP contribution < -0.4 is 9.73 Å². The van der Waals surface area contributed by atoms with Crippen LogP contribution in [0.3, 0.4) is 0 Å². The van der Waals surface area contributed by atoms with E-state index in [9.17, 15) is 23.3 Å². The predicted molar refractivity (Wildman–Crippen MR) is 107 cm³/mol. The zero-order chi connectivity index (χ0) is 20.9. The zero-order valence-corrected chi connectivity index (χ0v) is 16.6. The minimum absolute atomic E-state index is 0.0678. The van der Waals surface area contributed by atoms with Gasteiger partial charge in [-0.25, -0.2) is 13.8 Å². The van der Waals surface area contributed by atoms with Gasteiger partial charge in [-0.1, -0.05) is 17.7 Å². The molecule has 0 bridgehead atoms. The van der Waals surface area contributed by atoms with E-state index < -0.39 is 27.4 Å². The number of non-ortho nitro benzene ring substituents is 1. The molecule has 2 aromatic carbocycles. The minimum atomic E-state index is -3.73. The van der Waals surface area contributed by atoms with Crippen molar-refractivity contribution in [3.05, 3.63) is 68.7 Å². The molecule has 1 amide bonds. The van der Waals surface area contributed by atoms with Crippen molar-refractivity contribution in [2.75, 3.05) is 17.1 Å². The number of aryl methyl sites for hydroxylation is 1. The third-order valence-electron chi connectivity index (χ3n) is 3.64. The van der Waals surface area contributed by atoms with Gasteiger partial charge in [0.15, 0.2) is 0 Å². The number of nitrogens with zero attached hydrogens (tertiary/aromatic N) is 3. The van der Waals surface area contributed by atoms with Gasteiger partial charge < -0.3 is 0 Å². The molecule has 28 heavy (non-hydrogen) atoms. The molecule has 0 spiro atoms. The van der Waals surface area contributed by atoms with Gasteiger partial charge in [0.1, 0.15) is 6.54 Å². The summed E-state index contributed by atoms with van der Waals surface area (Å²) < 4.78 is 25.0. The molecule has 0 aliphatic rings. The van der Waals surface area contributed by atoms with Gasteiger partial charge in [0, 0.05) is 17.2 Å². The summed E-state index contributed by atoms with van der Waals surface area (Å²) in [5.41, 5.74) is 3.71. The molecule has 0 radical (unpaired) electrons. The maximum Gasteiger partial charge on any atom is 0.269 e. The molecule has 0 heterocycles. The van der Waals surface area contributed by atoms with Gasteiger partial charge >= 0.3 is 0 Å². The van der Waals surface area contributed by atoms with Gasteiger partial charge in [-0.05, 0) is 42.3 Å². The Morgan fingerprint density at radius 1 is 1.29 bits per heavy atom. The lowest BCUT2D eigenvalue weighted by Crippen LogP contribution is -2.39. The number of halogens is 1. The summed E-state index contributed by atoms with van der Waals surface area (Å²) in [5.74, 6) is -0.666. The number of hydrogen-bond donors (Lipinski definition) is 1. The van der Waals surface area contributed by atoms with Crippen LogP contribution in [0.5, 0.6) is 0 Å². The standard InChI is InChI=1S/C17H17ClN4O5S/c1-12-3-6-15(9-16(12)18)21(28(2,26)27)11-17(23)20-19-10-13-4-7-14(8-5-13)22(24)25/h3-10H,11H2,1-2H3,(H,20,23)/b19-10-. The van der Waals surface area contributed by atoms with Crippen molar-refractivity contribution in [1.29, 1.82) is 0 Å². The molecule has 148 valence electrons. The number of nitro benzene ring substituents is 1. The van der Waals surface area contributed by atoms with E-state index in [1.165, 1.54) is 36.5 Å². The highest BCUT2D eigenvalue weighted by atomic mass is 35.5. The summed E-state index contributed by atoms with van der Waals surface area (Å²) in [7, 11) is -3.73. The van der Waals surface area contributed by atoms with Crippen LogP contribution >= 0.6 is 11.6 Å². The molecule has 0 aliphatic heterocycles. The molecule has 1 N–H and O–H groups in total. The number of amides is 1. The molecular weight excluding hydrogens is 408 g/mol. The molecule has 0 aliphatic carbocycles. The van der Waals surface area contributed by atoms with E-state index in [2.05, 4.69) is 10.5 Å². The Balaban J connectivity index is 2.07. The monoisotopic (exact) mass is 424 g/mol. The van der Waals surface area contributed by atoms with E-state index >= 15 is 0 Å². The maximum atomic E-state index is 12.1. The molecule has 0 saturated carbocycles. The summed E-state index contributed by atoms with van der Waals surface area (Å²) >= 11 is 6.04. The number of rotatable bonds is 7. The predicted octanol–water partition coefficient (Wildman–Crippen LogP) is 2.47. The molecule has 2 aromatic rings. The molecule has 0 fully saturated rings. The third-order valence-corrected chi connectivity index (χ3v) is 5.19. The number of carbonyl (C=O) groups excluding carboxylic acids is 1. The minimum Gasteiger partial charge on any atom is -0.271 e. The number of nitrogens with one attached hydrogen (secondary N) is 1. The van der Waals surface area contributed by atoms with Crippen LogP contribution in [0.25, 0.3) is 0 Å². The molecule has 2 rings (SSSR count). The molecule has 0 unspecified atom stereocenters. The van der Waals surface area contributed by atoms with Gasteiger partial charge in [0.2, 0.25) is 10.0 Å². The van der Waals surface area contributed by atoms with Crippen LogP contribution in [-0.2, 0) is 14.8 Å². The SMILES string of the molecule is Cc1ccc(N(CC(=O)N/N=C\c2ccc([N+](=O)[O-])cc2)S(C)(=O)=O)cc1Cl. The Kier molecular flexibility index (Phi) is 6.71. The Labute approximate surface area is 166 Å². The summed E-state index contributed by atoms with van der Waals surface area (Å²) in [6.45, 7) is 1.28. The normalized spacial score (nSPS) is 11.4. The van der Waals surface area contributed by atoms with Gasteiger partial charge in [0.05, 0.1) is 23.1 Å². The first-order chi connectivity index (χ1) is 13.1. The van der Waals surface area contributed by atoms with Crippen LogP contribution in [0.4, 0.5) is 11.4 Å². The number of anilines is 1. The first kappa shape index (κ1) is 21.3. The lowest BCUT2D eigenvalue weighted by Gasteiger charge is -2.21. The third kappa shape index (κ3) is 5.76. The molecule has 9 nitrogen and oxygen atoms in total. The van der Waals surface area contributed by atoms with Crippen LogP contribution in [0, 0.1) is 17.0 Å². The van der Waals surface area contributed by atoms with E-state index in [0.29, 0.717) is 10.6 Å². The zero-order valence-electron chi connectivity index (χ0n) is 15.0. The average molecular weight is 425 g/mol. The van der Waals surface area contributed by atoms with Crippen LogP contribution in [0.2, 0.25) is 5.02 Å². The van der Waals surface area contributed by atoms with Crippen LogP contribution in [0.1, 0.15) is 11.1 Å². The summed E-state index contributed by atoms with van der Waals surface area (Å²) in [5, 5.41) is 14.7. The summed E-state index contributed by atoms with van der Waals surface area (Å²) in [6, 6.07) is 10.2. The Bertz CT molecular complexity index is 1020. The van der Waals surface area contributed by atoms with E-state index in [4.69, 9.17) is 11.6 Å². The smallest absolute Gasteiger partial charge is 0.269 e. The molecular formula is C17H17ClN4O5S. The fourth-order valence-corrected chi connectivity index (χ4v) is 3.19. The summed E-state index contributed by atoms with van der Waals surface area (Å²) in [4.78, 5) is 22.2. The van der Waals surface area contributed by atoms with Crippen molar-refractivity contribution in [1.82, 2.24) is 5.43 Å². The van der Waals surface area contributed by atoms with Crippen LogP contribution in [0.15, 0.2) is 47.6 Å². The lowest BCUT2D eigenvalue weighted by molar-refractivity contribution is -0.384. The number of benzene rings is 2. The van der Waals surface area contributed by atoms with Gasteiger partial charge in [-0.2, -0.15) is 5.10 Å². The van der Waals surface area contributed by atoms with E-state index in [0.717, 1.165) is 16.1 Å². The second-order valence-electron chi connectivity index (χ2n) is 5.84. The Hall–Kier alpha value is -2.98. The van der Waals surface area contributed by atoms with Crippen molar-refractivity contribution < 1.29 is 18.1 Å². The van der Waals surface area contributed by atoms with Crippen molar-refractivity contribution in [3.63, 3.8) is 0 Å². The van der Waals surface area contributed by atoms with Crippen molar-refractivity contribution in [2.24, 2.45) is 5.10 Å². The topological polar surface area (TPSA) is 122 Å². The highest BCUT2D eigenvalue weighted by molar-refractivity contribution is 7.92. The molecule has 0 aromatic heterocycles. The number of sulfonamides is 1. The van der Waals surface area contributed by atoms with Crippen molar-refractivity contribution in [2.45, 2.75) is 6.92 Å². The second-order valence-corrected chi connectivity index (χ2v) is 8.16. The fourth-order valence-electron chi connectivity index (χ4n) is 2.16. The van der Waals surface area contributed by atoms with E-state index in [-0.39, 0.29) is 11.4 Å². The number of hydrogen-bond acceptors (Lipinski definition) is 6. The average Bonchev–Trinajstić information content (AvgIpc) is 2.61. The quantitative estimate of drug-likeness (QED) is 0.415. The highest BCUT2D eigenvalue weighted by Crippen LogP contribution is 2.24. The molecule has 0 saturated heterocycles. The van der Waals surface area contributed by atoms with Gasteiger partial charge in [-0.3, -0.25) is 19.2 Å². The van der Waals surface area contributed by atoms with E-state index in [1.807, 2.05) is 0 Å². The van der Waals surface area contributed by atoms with Gasteiger partial charge in [0.25, 0.3) is 11.6 Å².